The Morgan fingerprint density at radius 3 is 2.36 bits per heavy atom. The van der Waals surface area contributed by atoms with E-state index in [2.05, 4.69) is 10.3 Å². The zero-order chi connectivity index (χ0) is 26.5. The number of hydrogen-bond acceptors (Lipinski definition) is 9. The molecule has 4 rings (SSSR count). The van der Waals surface area contributed by atoms with Gasteiger partial charge in [0.25, 0.3) is 0 Å². The minimum atomic E-state index is -1.22. The molecular weight excluding hydrogens is 472 g/mol. The van der Waals surface area contributed by atoms with E-state index >= 15 is 0 Å². The fraction of sp³-hybridized carbons (Fsp3) is 0.760. The Morgan fingerprint density at radius 2 is 1.69 bits per heavy atom. The molecule has 0 radical (unpaired) electrons. The number of carboxylic acid groups (broad SMARTS) is 2. The van der Waals surface area contributed by atoms with Gasteiger partial charge in [0, 0.05) is 17.3 Å². The molecule has 0 bridgehead atoms. The molecule has 0 aliphatic heterocycles. The molecule has 8 atom stereocenters. The largest absolute Gasteiger partial charge is 0.479 e. The van der Waals surface area contributed by atoms with Crippen molar-refractivity contribution in [3.05, 3.63) is 11.6 Å². The first kappa shape index (κ1) is 26.6. The first-order valence-electron chi connectivity index (χ1n) is 12.4. The number of nitrogens with zero attached hydrogens (tertiary/aromatic N) is 2. The van der Waals surface area contributed by atoms with Crippen molar-refractivity contribution in [3.63, 3.8) is 0 Å². The monoisotopic (exact) mass is 508 g/mol. The first-order valence-corrected chi connectivity index (χ1v) is 12.4. The summed E-state index contributed by atoms with van der Waals surface area (Å²) in [6, 6.07) is 0. The molecule has 0 heterocycles. The second kappa shape index (κ2) is 9.42. The maximum absolute atomic E-state index is 12.3. The zero-order valence-corrected chi connectivity index (χ0v) is 20.9. The third-order valence-electron chi connectivity index (χ3n) is 9.40. The SMILES string of the molecule is CC(=NOCC(=O)O)[C@H]1CC[C@@]2(O)C3=CC(=NOCC(=O)O)[C@@H]4C[C@@H](O)[C@@H](O)C[C@]4(C)C3CC[C@]12C. The van der Waals surface area contributed by atoms with Crippen LogP contribution in [0.4, 0.5) is 0 Å². The van der Waals surface area contributed by atoms with Crippen molar-refractivity contribution in [2.24, 2.45) is 38.9 Å². The lowest BCUT2D eigenvalue weighted by Crippen LogP contribution is -2.61. The van der Waals surface area contributed by atoms with Crippen molar-refractivity contribution in [3.8, 4) is 0 Å². The van der Waals surface area contributed by atoms with Crippen LogP contribution in [0.3, 0.4) is 0 Å². The minimum absolute atomic E-state index is 0.0691. The van der Waals surface area contributed by atoms with E-state index in [9.17, 15) is 24.9 Å². The Hall–Kier alpha value is -2.50. The predicted octanol–water partition coefficient (Wildman–Crippen LogP) is 1.56. The lowest BCUT2D eigenvalue weighted by molar-refractivity contribution is -0.143. The molecule has 0 amide bonds. The van der Waals surface area contributed by atoms with Crippen LogP contribution in [0.25, 0.3) is 0 Å². The Balaban J connectivity index is 1.73. The number of carboxylic acids is 2. The van der Waals surface area contributed by atoms with E-state index in [1.165, 1.54) is 0 Å². The van der Waals surface area contributed by atoms with E-state index in [-0.39, 0.29) is 24.2 Å². The average Bonchev–Trinajstić information content (AvgIpc) is 3.06. The molecule has 1 unspecified atom stereocenters. The highest BCUT2D eigenvalue weighted by molar-refractivity contribution is 5.99. The van der Waals surface area contributed by atoms with E-state index in [1.54, 1.807) is 6.92 Å². The van der Waals surface area contributed by atoms with Crippen molar-refractivity contribution < 1.29 is 44.8 Å². The molecule has 0 aromatic heterocycles. The molecule has 36 heavy (non-hydrogen) atoms. The van der Waals surface area contributed by atoms with Gasteiger partial charge in [0.15, 0.2) is 0 Å². The zero-order valence-electron chi connectivity index (χ0n) is 20.9. The van der Waals surface area contributed by atoms with Crippen LogP contribution in [0.1, 0.15) is 59.3 Å². The third-order valence-corrected chi connectivity index (χ3v) is 9.40. The van der Waals surface area contributed by atoms with Gasteiger partial charge in [0.1, 0.15) is 0 Å². The van der Waals surface area contributed by atoms with Crippen LogP contribution in [0, 0.1) is 28.6 Å². The van der Waals surface area contributed by atoms with Gasteiger partial charge in [0.05, 0.1) is 29.2 Å². The summed E-state index contributed by atoms with van der Waals surface area (Å²) in [6.07, 6.45) is 3.07. The summed E-state index contributed by atoms with van der Waals surface area (Å²) in [5, 5.41) is 59.3. The molecule has 0 spiro atoms. The molecule has 4 aliphatic carbocycles. The topological polar surface area (TPSA) is 178 Å². The first-order chi connectivity index (χ1) is 16.8. The molecular formula is C25H36N2O9. The maximum atomic E-state index is 12.3. The highest BCUT2D eigenvalue weighted by atomic mass is 16.6. The normalized spacial score (nSPS) is 43.2. The van der Waals surface area contributed by atoms with Gasteiger partial charge in [0.2, 0.25) is 13.2 Å². The summed E-state index contributed by atoms with van der Waals surface area (Å²) in [4.78, 5) is 31.9. The quantitative estimate of drug-likeness (QED) is 0.252. The minimum Gasteiger partial charge on any atom is -0.479 e. The van der Waals surface area contributed by atoms with Gasteiger partial charge >= 0.3 is 11.9 Å². The van der Waals surface area contributed by atoms with Crippen LogP contribution >= 0.6 is 0 Å². The van der Waals surface area contributed by atoms with E-state index in [0.717, 1.165) is 12.0 Å². The van der Waals surface area contributed by atoms with Crippen LogP contribution in [0.2, 0.25) is 0 Å². The van der Waals surface area contributed by atoms with Crippen LogP contribution in [-0.2, 0) is 19.3 Å². The van der Waals surface area contributed by atoms with Crippen LogP contribution in [0.5, 0.6) is 0 Å². The van der Waals surface area contributed by atoms with Crippen molar-refractivity contribution >= 4 is 23.4 Å². The van der Waals surface area contributed by atoms with E-state index in [1.807, 2.05) is 19.9 Å². The smallest absolute Gasteiger partial charge is 0.344 e. The van der Waals surface area contributed by atoms with Crippen molar-refractivity contribution in [2.75, 3.05) is 13.2 Å². The van der Waals surface area contributed by atoms with Crippen LogP contribution in [-0.4, -0.2) is 79.9 Å². The number of aliphatic hydroxyl groups excluding tert-OH is 2. The van der Waals surface area contributed by atoms with E-state index < -0.39 is 53.8 Å². The number of carbonyl (C=O) groups is 2. The number of aliphatic hydroxyl groups is 3. The van der Waals surface area contributed by atoms with Crippen LogP contribution < -0.4 is 0 Å². The van der Waals surface area contributed by atoms with Crippen molar-refractivity contribution in [1.82, 2.24) is 0 Å². The maximum Gasteiger partial charge on any atom is 0.344 e. The van der Waals surface area contributed by atoms with Gasteiger partial charge in [-0.05, 0) is 68.4 Å². The average molecular weight is 509 g/mol. The molecule has 5 N–H and O–H groups in total. The molecule has 11 heteroatoms. The predicted molar refractivity (Wildman–Crippen MR) is 127 cm³/mol. The molecule has 200 valence electrons. The summed E-state index contributed by atoms with van der Waals surface area (Å²) in [5.41, 5.74) is -0.448. The number of oxime groups is 2. The summed E-state index contributed by atoms with van der Waals surface area (Å²) in [6.45, 7) is 4.70. The van der Waals surface area contributed by atoms with Gasteiger partial charge in [-0.25, -0.2) is 9.59 Å². The Labute approximate surface area is 209 Å². The summed E-state index contributed by atoms with van der Waals surface area (Å²) in [5.74, 6) is -2.75. The summed E-state index contributed by atoms with van der Waals surface area (Å²) >= 11 is 0. The molecule has 0 aromatic carbocycles. The Morgan fingerprint density at radius 1 is 1.03 bits per heavy atom. The summed E-state index contributed by atoms with van der Waals surface area (Å²) in [7, 11) is 0. The standard InChI is InChI=1S/C25H36N2O9/c1-13(26-35-11-21(30)31)14-5-7-25(34)16-8-18(27-36-12-22(32)33)17-9-19(28)20(29)10-23(17,2)15(16)4-6-24(14,25)3/h8,14-15,17,19-20,28-29,34H,4-7,9-12H2,1-3H3,(H,30,31)(H,32,33)/t14-,15?,17+,19-,20+,23-,24-,25-/m1/s1. The lowest BCUT2D eigenvalue weighted by Gasteiger charge is -2.60. The van der Waals surface area contributed by atoms with Gasteiger partial charge in [-0.3, -0.25) is 0 Å². The number of fused-ring (bicyclic) bond motifs is 5. The van der Waals surface area contributed by atoms with E-state index in [0.29, 0.717) is 37.1 Å². The second-order valence-corrected chi connectivity index (χ2v) is 11.3. The highest BCUT2D eigenvalue weighted by Crippen LogP contribution is 2.67. The third kappa shape index (κ3) is 4.20. The fourth-order valence-corrected chi connectivity index (χ4v) is 7.57. The van der Waals surface area contributed by atoms with Crippen molar-refractivity contribution in [1.29, 1.82) is 0 Å². The second-order valence-electron chi connectivity index (χ2n) is 11.3. The number of allylic oxidation sites excluding steroid dienone is 1. The number of aliphatic carboxylic acids is 2. The Bertz CT molecular complexity index is 1010. The molecule has 4 aliphatic rings. The molecule has 0 aromatic rings. The molecule has 3 saturated carbocycles. The highest BCUT2D eigenvalue weighted by Gasteiger charge is 2.66. The van der Waals surface area contributed by atoms with Gasteiger partial charge < -0.3 is 35.2 Å². The molecule has 11 nitrogen and oxygen atoms in total. The van der Waals surface area contributed by atoms with Gasteiger partial charge in [-0.1, -0.05) is 24.2 Å². The van der Waals surface area contributed by atoms with Gasteiger partial charge in [-0.15, -0.1) is 0 Å². The van der Waals surface area contributed by atoms with E-state index in [4.69, 9.17) is 19.9 Å². The Kier molecular flexibility index (Phi) is 6.95. The van der Waals surface area contributed by atoms with Gasteiger partial charge in [-0.2, -0.15) is 0 Å². The lowest BCUT2D eigenvalue weighted by atomic mass is 9.46. The van der Waals surface area contributed by atoms with Crippen molar-refractivity contribution in [2.45, 2.75) is 77.1 Å². The number of rotatable bonds is 7. The van der Waals surface area contributed by atoms with Crippen LogP contribution in [0.15, 0.2) is 22.0 Å². The fourth-order valence-electron chi connectivity index (χ4n) is 7.57. The summed E-state index contributed by atoms with van der Waals surface area (Å²) < 4.78 is 0. The molecule has 3 fully saturated rings. The molecule has 0 saturated heterocycles. The number of hydrogen-bond donors (Lipinski definition) is 5.